The van der Waals surface area contributed by atoms with Gasteiger partial charge in [0.15, 0.2) is 16.6 Å². The van der Waals surface area contributed by atoms with E-state index in [1.54, 1.807) is 0 Å². The zero-order valence-corrected chi connectivity index (χ0v) is 21.0. The van der Waals surface area contributed by atoms with Gasteiger partial charge in [0.1, 0.15) is 0 Å². The van der Waals surface area contributed by atoms with Crippen LogP contribution < -0.4 is 0 Å². The SMILES string of the molecule is C=C1/C(=C\C(=O)O)C[C@@H](O[Si](C)(C)C(C)(C)C)C[C@@H]1O[Si](C)(C)C(C)(C)C. The van der Waals surface area contributed by atoms with Crippen LogP contribution in [0.3, 0.4) is 0 Å². The molecule has 1 rings (SSSR count). The van der Waals surface area contributed by atoms with Crippen LogP contribution in [0.15, 0.2) is 23.8 Å². The fourth-order valence-electron chi connectivity index (χ4n) is 2.68. The molecule has 0 amide bonds. The Hall–Kier alpha value is -0.696. The van der Waals surface area contributed by atoms with Crippen LogP contribution in [0.5, 0.6) is 0 Å². The van der Waals surface area contributed by atoms with Crippen molar-refractivity contribution in [3.05, 3.63) is 23.8 Å². The van der Waals surface area contributed by atoms with Crippen LogP contribution in [-0.4, -0.2) is 39.9 Å². The number of hydrogen-bond donors (Lipinski definition) is 1. The number of carboxylic acids is 1. The first-order chi connectivity index (χ1) is 11.9. The molecule has 156 valence electrons. The molecular formula is C21H40O4Si2. The number of carboxylic acid groups (broad SMARTS) is 1. The first-order valence-electron chi connectivity index (χ1n) is 9.86. The molecule has 1 saturated carbocycles. The summed E-state index contributed by atoms with van der Waals surface area (Å²) in [5, 5.41) is 9.48. The van der Waals surface area contributed by atoms with E-state index in [1.807, 2.05) is 0 Å². The van der Waals surface area contributed by atoms with Gasteiger partial charge in [0.05, 0.1) is 12.2 Å². The highest BCUT2D eigenvalue weighted by Crippen LogP contribution is 2.43. The molecule has 6 heteroatoms. The Morgan fingerprint density at radius 2 is 1.48 bits per heavy atom. The molecule has 0 aliphatic heterocycles. The van der Waals surface area contributed by atoms with E-state index in [-0.39, 0.29) is 22.3 Å². The predicted octanol–water partition coefficient (Wildman–Crippen LogP) is 6.13. The topological polar surface area (TPSA) is 55.8 Å². The van der Waals surface area contributed by atoms with Crippen LogP contribution >= 0.6 is 0 Å². The summed E-state index contributed by atoms with van der Waals surface area (Å²) < 4.78 is 13.3. The van der Waals surface area contributed by atoms with Gasteiger partial charge >= 0.3 is 5.97 Å². The molecule has 1 fully saturated rings. The molecule has 2 atom stereocenters. The summed E-state index contributed by atoms with van der Waals surface area (Å²) in [5.41, 5.74) is 1.55. The van der Waals surface area contributed by atoms with Crippen molar-refractivity contribution in [2.45, 2.75) is 103 Å². The Morgan fingerprint density at radius 1 is 1.04 bits per heavy atom. The number of hydrogen-bond acceptors (Lipinski definition) is 3. The van der Waals surface area contributed by atoms with Crippen molar-refractivity contribution in [1.29, 1.82) is 0 Å². The second-order valence-corrected chi connectivity index (χ2v) is 20.4. The second-order valence-electron chi connectivity index (χ2n) is 10.8. The monoisotopic (exact) mass is 412 g/mol. The zero-order chi connectivity index (χ0) is 21.4. The molecule has 0 aromatic heterocycles. The molecule has 0 aromatic rings. The highest BCUT2D eigenvalue weighted by Gasteiger charge is 2.44. The van der Waals surface area contributed by atoms with Gasteiger partial charge in [-0.1, -0.05) is 48.1 Å². The third-order valence-corrected chi connectivity index (χ3v) is 15.6. The Balaban J connectivity index is 3.17. The first-order valence-corrected chi connectivity index (χ1v) is 15.7. The molecule has 0 spiro atoms. The van der Waals surface area contributed by atoms with Crippen molar-refractivity contribution in [3.63, 3.8) is 0 Å². The van der Waals surface area contributed by atoms with E-state index in [1.165, 1.54) is 6.08 Å². The highest BCUT2D eigenvalue weighted by atomic mass is 28.4. The molecule has 0 saturated heterocycles. The van der Waals surface area contributed by atoms with E-state index in [2.05, 4.69) is 74.3 Å². The second kappa shape index (κ2) is 7.97. The Bertz CT molecular complexity index is 607. The molecule has 0 radical (unpaired) electrons. The van der Waals surface area contributed by atoms with E-state index < -0.39 is 22.6 Å². The van der Waals surface area contributed by atoms with Gasteiger partial charge in [-0.25, -0.2) is 4.79 Å². The lowest BCUT2D eigenvalue weighted by molar-refractivity contribution is -0.131. The Labute approximate surface area is 168 Å². The van der Waals surface area contributed by atoms with Crippen LogP contribution in [0.25, 0.3) is 0 Å². The summed E-state index contributed by atoms with van der Waals surface area (Å²) in [7, 11) is -3.97. The van der Waals surface area contributed by atoms with Crippen molar-refractivity contribution >= 4 is 22.6 Å². The number of aliphatic carboxylic acids is 1. The van der Waals surface area contributed by atoms with E-state index >= 15 is 0 Å². The minimum Gasteiger partial charge on any atom is -0.478 e. The molecule has 4 nitrogen and oxygen atoms in total. The first kappa shape index (κ1) is 24.3. The largest absolute Gasteiger partial charge is 0.478 e. The van der Waals surface area contributed by atoms with Crippen LogP contribution in [0.1, 0.15) is 54.4 Å². The molecular weight excluding hydrogens is 372 g/mol. The quantitative estimate of drug-likeness (QED) is 0.436. The summed E-state index contributed by atoms with van der Waals surface area (Å²) in [6.07, 6.45) is 2.41. The summed E-state index contributed by atoms with van der Waals surface area (Å²) in [6.45, 7) is 26.4. The van der Waals surface area contributed by atoms with Crippen molar-refractivity contribution in [2.24, 2.45) is 0 Å². The van der Waals surface area contributed by atoms with Gasteiger partial charge in [0, 0.05) is 12.5 Å². The predicted molar refractivity (Wildman–Crippen MR) is 118 cm³/mol. The minimum absolute atomic E-state index is 0.0308. The molecule has 0 aromatic carbocycles. The molecule has 27 heavy (non-hydrogen) atoms. The van der Waals surface area contributed by atoms with Gasteiger partial charge in [-0.3, -0.25) is 0 Å². The van der Waals surface area contributed by atoms with E-state index in [0.717, 1.165) is 17.6 Å². The van der Waals surface area contributed by atoms with Gasteiger partial charge < -0.3 is 14.0 Å². The van der Waals surface area contributed by atoms with Crippen molar-refractivity contribution in [2.75, 3.05) is 0 Å². The minimum atomic E-state index is -2.01. The lowest BCUT2D eigenvalue weighted by Gasteiger charge is -2.45. The number of carbonyl (C=O) groups is 1. The molecule has 0 heterocycles. The van der Waals surface area contributed by atoms with Gasteiger partial charge in [-0.2, -0.15) is 0 Å². The fraction of sp³-hybridized carbons (Fsp3) is 0.762. The number of rotatable bonds is 5. The Kier molecular flexibility index (Phi) is 7.19. The normalized spacial score (nSPS) is 24.4. The van der Waals surface area contributed by atoms with Crippen LogP contribution in [-0.2, 0) is 13.6 Å². The maximum atomic E-state index is 11.3. The fourth-order valence-corrected chi connectivity index (χ4v) is 5.35. The van der Waals surface area contributed by atoms with Crippen molar-refractivity contribution < 1.29 is 18.8 Å². The average molecular weight is 413 g/mol. The van der Waals surface area contributed by atoms with E-state index in [0.29, 0.717) is 6.42 Å². The zero-order valence-electron chi connectivity index (χ0n) is 19.0. The summed E-state index contributed by atoms with van der Waals surface area (Å²) in [5.74, 6) is -0.940. The molecule has 1 aliphatic rings. The standard InChI is InChI=1S/C21H40O4Si2/c1-15-16(13-19(22)23)12-17(24-26(8,9)20(2,3)4)14-18(15)25-27(10,11)21(5,6)7/h13,17-18H,1,12,14H2,2-11H3,(H,22,23)/b16-13-/t17-,18+/m1/s1. The van der Waals surface area contributed by atoms with Crippen LogP contribution in [0, 0.1) is 0 Å². The highest BCUT2D eigenvalue weighted by molar-refractivity contribution is 6.74. The van der Waals surface area contributed by atoms with Gasteiger partial charge in [-0.15, -0.1) is 0 Å². The maximum Gasteiger partial charge on any atom is 0.328 e. The third-order valence-electron chi connectivity index (χ3n) is 6.53. The summed E-state index contributed by atoms with van der Waals surface area (Å²) in [4.78, 5) is 11.3. The van der Waals surface area contributed by atoms with E-state index in [9.17, 15) is 9.90 Å². The molecule has 0 bridgehead atoms. The third kappa shape index (κ3) is 6.14. The lowest BCUT2D eigenvalue weighted by Crippen LogP contribution is -2.49. The van der Waals surface area contributed by atoms with E-state index in [4.69, 9.17) is 8.85 Å². The molecule has 1 aliphatic carbocycles. The van der Waals surface area contributed by atoms with Crippen molar-refractivity contribution in [3.8, 4) is 0 Å². The maximum absolute atomic E-state index is 11.3. The summed E-state index contributed by atoms with van der Waals surface area (Å²) in [6, 6.07) is 0. The van der Waals surface area contributed by atoms with Crippen LogP contribution in [0.2, 0.25) is 36.3 Å². The lowest BCUT2D eigenvalue weighted by atomic mass is 9.86. The van der Waals surface area contributed by atoms with Gasteiger partial charge in [0.25, 0.3) is 0 Å². The molecule has 0 unspecified atom stereocenters. The van der Waals surface area contributed by atoms with Crippen LogP contribution in [0.4, 0.5) is 0 Å². The average Bonchev–Trinajstić information content (AvgIpc) is 2.39. The van der Waals surface area contributed by atoms with Gasteiger partial charge in [-0.05, 0) is 53.8 Å². The van der Waals surface area contributed by atoms with Gasteiger partial charge in [0.2, 0.25) is 0 Å². The summed E-state index contributed by atoms with van der Waals surface area (Å²) >= 11 is 0. The Morgan fingerprint density at radius 3 is 1.89 bits per heavy atom. The smallest absolute Gasteiger partial charge is 0.328 e. The molecule has 1 N–H and O–H groups in total. The van der Waals surface area contributed by atoms with Crippen molar-refractivity contribution in [1.82, 2.24) is 0 Å².